The Balaban J connectivity index is 1.72. The first-order valence-corrected chi connectivity index (χ1v) is 13.5. The highest BCUT2D eigenvalue weighted by molar-refractivity contribution is 6.15. The number of carbonyl (C=O) groups excluding carboxylic acids is 6. The van der Waals surface area contributed by atoms with E-state index >= 15 is 0 Å². The zero-order valence-corrected chi connectivity index (χ0v) is 23.8. The zero-order valence-electron chi connectivity index (χ0n) is 23.8. The summed E-state index contributed by atoms with van der Waals surface area (Å²) in [5.74, 6) is -4.16. The molecule has 2 aliphatic heterocycles. The molecular formula is C27H37N6O8+. The van der Waals surface area contributed by atoms with Gasteiger partial charge in [-0.05, 0) is 49.7 Å². The predicted molar refractivity (Wildman–Crippen MR) is 144 cm³/mol. The third-order valence-electron chi connectivity index (χ3n) is 7.48. The molecule has 1 aromatic carbocycles. The maximum Gasteiger partial charge on any atom is 0.310 e. The van der Waals surface area contributed by atoms with E-state index in [1.54, 1.807) is 49.5 Å². The van der Waals surface area contributed by atoms with Crippen molar-refractivity contribution in [3.8, 4) is 0 Å². The van der Waals surface area contributed by atoms with Gasteiger partial charge in [-0.1, -0.05) is 32.0 Å². The fourth-order valence-corrected chi connectivity index (χ4v) is 5.09. The van der Waals surface area contributed by atoms with Gasteiger partial charge >= 0.3 is 5.91 Å². The number of piperidine rings is 1. The highest BCUT2D eigenvalue weighted by atomic mass is 16.7. The summed E-state index contributed by atoms with van der Waals surface area (Å²) in [7, 11) is 1.17. The lowest BCUT2D eigenvalue weighted by Gasteiger charge is -2.40. The van der Waals surface area contributed by atoms with Gasteiger partial charge in [-0.25, -0.2) is 0 Å². The lowest BCUT2D eigenvalue weighted by atomic mass is 9.87. The van der Waals surface area contributed by atoms with Gasteiger partial charge in [0, 0.05) is 24.3 Å². The molecule has 14 nitrogen and oxygen atoms in total. The van der Waals surface area contributed by atoms with Gasteiger partial charge in [-0.2, -0.15) is 5.06 Å². The number of rotatable bonds is 10. The van der Waals surface area contributed by atoms with Crippen molar-refractivity contribution in [3.05, 3.63) is 35.2 Å². The molecule has 5 amide bonds. The minimum absolute atomic E-state index is 0.0948. The van der Waals surface area contributed by atoms with Crippen molar-refractivity contribution in [2.75, 3.05) is 18.7 Å². The minimum Gasteiger partial charge on any atom is -0.342 e. The van der Waals surface area contributed by atoms with E-state index in [2.05, 4.69) is 10.6 Å². The van der Waals surface area contributed by atoms with Crippen LogP contribution in [0.2, 0.25) is 0 Å². The number of para-hydroxylation sites is 1. The first kappa shape index (κ1) is 31.3. The van der Waals surface area contributed by atoms with Crippen LogP contribution in [0.15, 0.2) is 30.3 Å². The summed E-state index contributed by atoms with van der Waals surface area (Å²) in [6.45, 7) is 6.34. The van der Waals surface area contributed by atoms with Crippen LogP contribution in [0.3, 0.4) is 0 Å². The summed E-state index contributed by atoms with van der Waals surface area (Å²) >= 11 is 0. The summed E-state index contributed by atoms with van der Waals surface area (Å²) < 4.78 is 0. The van der Waals surface area contributed by atoms with Gasteiger partial charge in [0.05, 0.1) is 7.11 Å². The quantitative estimate of drug-likeness (QED) is 0.234. The minimum atomic E-state index is -1.95. The second-order valence-electron chi connectivity index (χ2n) is 10.6. The van der Waals surface area contributed by atoms with Gasteiger partial charge < -0.3 is 15.5 Å². The number of ketones is 1. The molecule has 3 rings (SSSR count). The standard InChI is InChI=1S/C27H36N6O8/c1-16(2)22(25(38)32(30-40)18-10-7-6-8-11-18)29-23(36)19-12-9-15-31(19)24(37)17(3)28-26(39)27(4)20(34)13-14-21(35)33(27)41-5/h6-8,10-11,16-17,19,22H,9,12-15H2,1-5H3,(H,28,39)(H,29,36)/p+1/t17-,19-,22-,27+/m0/s1. The number of hydroxylamine groups is 2. The van der Waals surface area contributed by atoms with Crippen molar-refractivity contribution in [1.29, 1.82) is 0 Å². The van der Waals surface area contributed by atoms with Crippen LogP contribution in [-0.2, 0) is 33.6 Å². The molecule has 0 unspecified atom stereocenters. The Kier molecular flexibility index (Phi) is 9.92. The lowest BCUT2D eigenvalue weighted by molar-refractivity contribution is -0.485. The lowest BCUT2D eigenvalue weighted by Crippen LogP contribution is -2.82. The number of anilines is 1. The Bertz CT molecular complexity index is 1210. The van der Waals surface area contributed by atoms with E-state index in [1.807, 2.05) is 0 Å². The van der Waals surface area contributed by atoms with E-state index in [4.69, 9.17) is 4.84 Å². The number of nitroso groups, excluding NO2 is 1. The van der Waals surface area contributed by atoms with Crippen molar-refractivity contribution < 1.29 is 38.9 Å². The molecule has 2 fully saturated rings. The average Bonchev–Trinajstić information content (AvgIpc) is 3.44. The number of Topliss-reactive ketones (excluding diaryl/α,β-unsaturated/α-hetero) is 1. The number of hydrazine groups is 1. The number of benzene rings is 1. The summed E-state index contributed by atoms with van der Waals surface area (Å²) in [5, 5.41) is 8.34. The van der Waals surface area contributed by atoms with Crippen LogP contribution in [0.25, 0.3) is 0 Å². The largest absolute Gasteiger partial charge is 0.342 e. The normalized spacial score (nSPS) is 22.2. The Labute approximate surface area is 237 Å². The molecule has 2 heterocycles. The molecule has 4 atom stereocenters. The number of hydrogen-bond acceptors (Lipinski definition) is 8. The monoisotopic (exact) mass is 573 g/mol. The summed E-state index contributed by atoms with van der Waals surface area (Å²) in [6, 6.07) is 5.04. The van der Waals surface area contributed by atoms with Crippen LogP contribution in [0, 0.1) is 10.8 Å². The number of nitrogens with zero attached hydrogens (tertiary/aromatic N) is 3. The predicted octanol–water partition coefficient (Wildman–Crippen LogP) is -1.07. The first-order chi connectivity index (χ1) is 19.4. The van der Waals surface area contributed by atoms with E-state index in [0.29, 0.717) is 18.5 Å². The van der Waals surface area contributed by atoms with Gasteiger partial charge in [-0.3, -0.25) is 33.6 Å². The average molecular weight is 574 g/mol. The smallest absolute Gasteiger partial charge is 0.310 e. The second kappa shape index (κ2) is 13.0. The maximum atomic E-state index is 13.4. The SMILES string of the molecule is CON1C(=O)CCC(=O)[C@]1(C)C(=O)N[C@@H](C)C(=O)N1CCC[C@H]1C(=O)N[C@H](C(=O)N([NH+]=O)c1ccccc1)C(C)C. The van der Waals surface area contributed by atoms with Crippen LogP contribution < -0.4 is 20.9 Å². The molecule has 222 valence electrons. The van der Waals surface area contributed by atoms with Crippen LogP contribution >= 0.6 is 0 Å². The number of hydrogen-bond donors (Lipinski definition) is 3. The molecule has 0 spiro atoms. The topological polar surface area (TPSA) is 176 Å². The van der Waals surface area contributed by atoms with E-state index in [-0.39, 0.29) is 19.4 Å². The first-order valence-electron chi connectivity index (χ1n) is 13.5. The van der Waals surface area contributed by atoms with Crippen molar-refractivity contribution in [3.63, 3.8) is 0 Å². The summed E-state index contributed by atoms with van der Waals surface area (Å²) in [6.07, 6.45) is 0.591. The molecule has 1 aromatic rings. The fourth-order valence-electron chi connectivity index (χ4n) is 5.09. The summed E-state index contributed by atoms with van der Waals surface area (Å²) in [5.41, 5.74) is -1.65. The van der Waals surface area contributed by atoms with E-state index in [9.17, 15) is 33.7 Å². The van der Waals surface area contributed by atoms with E-state index in [1.165, 1.54) is 25.9 Å². The van der Waals surface area contributed by atoms with Crippen molar-refractivity contribution >= 4 is 41.0 Å². The van der Waals surface area contributed by atoms with Crippen LogP contribution in [0.5, 0.6) is 0 Å². The molecule has 0 aliphatic carbocycles. The number of amides is 5. The van der Waals surface area contributed by atoms with Crippen molar-refractivity contribution in [2.45, 2.75) is 77.0 Å². The van der Waals surface area contributed by atoms with Gasteiger partial charge in [-0.15, -0.1) is 0 Å². The second-order valence-corrected chi connectivity index (χ2v) is 10.6. The molecule has 0 aromatic heterocycles. The number of carbonyl (C=O) groups is 6. The van der Waals surface area contributed by atoms with Gasteiger partial charge in [0.25, 0.3) is 5.91 Å². The molecule has 3 N–H and O–H groups in total. The van der Waals surface area contributed by atoms with Crippen LogP contribution in [0.4, 0.5) is 5.69 Å². The maximum absolute atomic E-state index is 13.4. The highest BCUT2D eigenvalue weighted by Gasteiger charge is 2.53. The van der Waals surface area contributed by atoms with Crippen molar-refractivity contribution in [2.24, 2.45) is 5.92 Å². The Hall–Kier alpha value is -4.20. The summed E-state index contributed by atoms with van der Waals surface area (Å²) in [4.78, 5) is 96.1. The van der Waals surface area contributed by atoms with Crippen LogP contribution in [0.1, 0.15) is 53.4 Å². The Morgan fingerprint density at radius 3 is 2.32 bits per heavy atom. The van der Waals surface area contributed by atoms with Crippen LogP contribution in [-0.4, -0.2) is 82.6 Å². The molecule has 2 aliphatic rings. The van der Waals surface area contributed by atoms with Gasteiger partial charge in [0.2, 0.25) is 23.3 Å². The van der Waals surface area contributed by atoms with Crippen molar-refractivity contribution in [1.82, 2.24) is 20.6 Å². The zero-order chi connectivity index (χ0) is 30.5. The van der Waals surface area contributed by atoms with Gasteiger partial charge in [0.15, 0.2) is 5.78 Å². The molecule has 2 saturated heterocycles. The molecule has 14 heteroatoms. The molecular weight excluding hydrogens is 536 g/mol. The molecule has 0 saturated carbocycles. The molecule has 0 bridgehead atoms. The Morgan fingerprint density at radius 2 is 1.73 bits per heavy atom. The van der Waals surface area contributed by atoms with E-state index < -0.39 is 64.9 Å². The highest BCUT2D eigenvalue weighted by Crippen LogP contribution is 2.27. The van der Waals surface area contributed by atoms with E-state index in [0.717, 1.165) is 10.1 Å². The molecule has 0 radical (unpaired) electrons. The molecule has 41 heavy (non-hydrogen) atoms. The van der Waals surface area contributed by atoms with Gasteiger partial charge in [0.1, 0.15) is 29.1 Å². The third-order valence-corrected chi connectivity index (χ3v) is 7.48. The fraction of sp³-hybridized carbons (Fsp3) is 0.556. The number of nitrogens with one attached hydrogen (secondary N) is 3. The number of likely N-dealkylation sites (tertiary alicyclic amines) is 1. The Morgan fingerprint density at radius 1 is 1.07 bits per heavy atom. The third kappa shape index (κ3) is 6.26.